The number of rotatable bonds is 6. The van der Waals surface area contributed by atoms with E-state index in [1.165, 1.54) is 6.07 Å². The summed E-state index contributed by atoms with van der Waals surface area (Å²) in [7, 11) is 1.70. The zero-order valence-electron chi connectivity index (χ0n) is 16.5. The van der Waals surface area contributed by atoms with Crippen LogP contribution in [0, 0.1) is 5.82 Å². The van der Waals surface area contributed by atoms with Gasteiger partial charge in [-0.15, -0.1) is 0 Å². The normalized spacial score (nSPS) is 16.8. The fraction of sp³-hybridized carbons (Fsp3) is 0.348. The van der Waals surface area contributed by atoms with E-state index >= 15 is 0 Å². The molecule has 0 spiro atoms. The van der Waals surface area contributed by atoms with E-state index in [9.17, 15) is 8.60 Å². The van der Waals surface area contributed by atoms with E-state index < -0.39 is 5.60 Å². The summed E-state index contributed by atoms with van der Waals surface area (Å²) >= 11 is 0.552. The van der Waals surface area contributed by atoms with Gasteiger partial charge in [0, 0.05) is 43.8 Å². The summed E-state index contributed by atoms with van der Waals surface area (Å²) in [5, 5.41) is 0.954. The Hall–Kier alpha value is -2.28. The SMILES string of the molecule is COC1(C(=S=O)c2ccccc2)CCN(CCc2c[nH]c3ccc(F)cc23)CC1. The van der Waals surface area contributed by atoms with Gasteiger partial charge in [-0.1, -0.05) is 30.3 Å². The van der Waals surface area contributed by atoms with E-state index in [1.54, 1.807) is 19.2 Å². The number of hydrogen-bond donors (Lipinski definition) is 1. The third-order valence-corrected chi connectivity index (χ3v) is 6.79. The lowest BCUT2D eigenvalue weighted by atomic mass is 9.84. The highest BCUT2D eigenvalue weighted by Crippen LogP contribution is 2.30. The van der Waals surface area contributed by atoms with E-state index in [4.69, 9.17) is 4.74 Å². The second-order valence-electron chi connectivity index (χ2n) is 7.57. The van der Waals surface area contributed by atoms with Crippen LogP contribution in [-0.4, -0.2) is 51.3 Å². The molecular weight excluding hydrogens is 387 g/mol. The maximum Gasteiger partial charge on any atom is 0.123 e. The van der Waals surface area contributed by atoms with Crippen molar-refractivity contribution >= 4 is 27.0 Å². The van der Waals surface area contributed by atoms with E-state index in [0.29, 0.717) is 11.3 Å². The molecule has 29 heavy (non-hydrogen) atoms. The number of nitrogens with one attached hydrogen (secondary N) is 1. The minimum Gasteiger partial charge on any atom is -0.372 e. The third-order valence-electron chi connectivity index (χ3n) is 6.01. The van der Waals surface area contributed by atoms with Crippen LogP contribution in [0.4, 0.5) is 4.39 Å². The molecule has 0 atom stereocenters. The van der Waals surface area contributed by atoms with Crippen molar-refractivity contribution in [3.63, 3.8) is 0 Å². The van der Waals surface area contributed by atoms with Crippen LogP contribution in [0.5, 0.6) is 0 Å². The first kappa shape index (κ1) is 20.0. The lowest BCUT2D eigenvalue weighted by molar-refractivity contribution is -0.00201. The van der Waals surface area contributed by atoms with Crippen LogP contribution in [0.25, 0.3) is 10.9 Å². The monoisotopic (exact) mass is 412 g/mol. The highest BCUT2D eigenvalue weighted by molar-refractivity contribution is 7.67. The van der Waals surface area contributed by atoms with Gasteiger partial charge in [-0.05, 0) is 48.6 Å². The number of benzene rings is 2. The number of piperidine rings is 1. The van der Waals surface area contributed by atoms with Gasteiger partial charge in [0.2, 0.25) is 0 Å². The fourth-order valence-corrected chi connectivity index (χ4v) is 4.95. The summed E-state index contributed by atoms with van der Waals surface area (Å²) in [4.78, 5) is 6.39. The molecule has 1 fully saturated rings. The number of fused-ring (bicyclic) bond motifs is 1. The molecule has 4 rings (SSSR count). The molecule has 0 unspecified atom stereocenters. The average Bonchev–Trinajstić information content (AvgIpc) is 3.16. The number of halogens is 1. The zero-order valence-corrected chi connectivity index (χ0v) is 17.3. The molecule has 152 valence electrons. The van der Waals surface area contributed by atoms with Crippen molar-refractivity contribution in [3.8, 4) is 0 Å². The van der Waals surface area contributed by atoms with E-state index in [0.717, 1.165) is 65.8 Å². The van der Waals surface area contributed by atoms with Crippen molar-refractivity contribution in [2.45, 2.75) is 24.9 Å². The van der Waals surface area contributed by atoms with Crippen molar-refractivity contribution in [2.75, 3.05) is 26.7 Å². The Morgan fingerprint density at radius 2 is 1.97 bits per heavy atom. The smallest absolute Gasteiger partial charge is 0.123 e. The van der Waals surface area contributed by atoms with Gasteiger partial charge in [0.25, 0.3) is 0 Å². The Morgan fingerprint density at radius 1 is 1.21 bits per heavy atom. The Labute approximate surface area is 173 Å². The third kappa shape index (κ3) is 4.06. The maximum atomic E-state index is 13.6. The molecule has 2 heterocycles. The minimum absolute atomic E-state index is 0.208. The average molecular weight is 413 g/mol. The lowest BCUT2D eigenvalue weighted by Gasteiger charge is -2.41. The number of nitrogens with zero attached hydrogens (tertiary/aromatic N) is 1. The Kier molecular flexibility index (Phi) is 5.94. The first-order valence-corrected chi connectivity index (χ1v) is 10.6. The molecule has 0 bridgehead atoms. The van der Waals surface area contributed by atoms with Gasteiger partial charge >= 0.3 is 0 Å². The van der Waals surface area contributed by atoms with Gasteiger partial charge in [-0.3, -0.25) is 0 Å². The summed E-state index contributed by atoms with van der Waals surface area (Å²) in [6.07, 6.45) is 4.40. The van der Waals surface area contributed by atoms with Crippen molar-refractivity contribution in [3.05, 3.63) is 71.7 Å². The Bertz CT molecular complexity index is 1040. The molecule has 2 aromatic carbocycles. The predicted molar refractivity (Wildman–Crippen MR) is 116 cm³/mol. The summed E-state index contributed by atoms with van der Waals surface area (Å²) in [5.74, 6) is -0.208. The van der Waals surface area contributed by atoms with Crippen LogP contribution in [-0.2, 0) is 22.4 Å². The molecule has 0 amide bonds. The lowest BCUT2D eigenvalue weighted by Crippen LogP contribution is -2.51. The van der Waals surface area contributed by atoms with Crippen molar-refractivity contribution in [1.29, 1.82) is 0 Å². The second-order valence-corrected chi connectivity index (χ2v) is 8.15. The van der Waals surface area contributed by atoms with Crippen LogP contribution >= 0.6 is 0 Å². The molecular formula is C23H25FN2O2S. The van der Waals surface area contributed by atoms with Crippen LogP contribution in [0.2, 0.25) is 0 Å². The predicted octanol–water partition coefficient (Wildman–Crippen LogP) is 3.76. The molecule has 0 aliphatic carbocycles. The molecule has 0 saturated carbocycles. The molecule has 1 saturated heterocycles. The van der Waals surface area contributed by atoms with Gasteiger partial charge in [0.1, 0.15) is 11.4 Å². The van der Waals surface area contributed by atoms with Gasteiger partial charge in [-0.25, -0.2) is 8.60 Å². The van der Waals surface area contributed by atoms with Gasteiger partial charge in [0.05, 0.1) is 16.1 Å². The first-order valence-electron chi connectivity index (χ1n) is 9.91. The number of H-pyrrole nitrogens is 1. The highest BCUT2D eigenvalue weighted by Gasteiger charge is 2.39. The van der Waals surface area contributed by atoms with Crippen LogP contribution in [0.1, 0.15) is 24.0 Å². The van der Waals surface area contributed by atoms with E-state index in [1.807, 2.05) is 36.5 Å². The standard InChI is InChI=1S/C23H25FN2O2S/c1-28-23(22(29-27)17-5-3-2-4-6-17)10-13-26(14-11-23)12-9-18-16-25-21-8-7-19(24)15-20(18)21/h2-8,15-16,25H,9-14H2,1H3. The summed E-state index contributed by atoms with van der Waals surface area (Å²) in [6.45, 7) is 2.62. The summed E-state index contributed by atoms with van der Waals surface area (Å²) in [5.41, 5.74) is 2.53. The van der Waals surface area contributed by atoms with Gasteiger partial charge in [0.15, 0.2) is 0 Å². The number of ether oxygens (including phenoxy) is 1. The number of aromatic amines is 1. The Morgan fingerprint density at radius 3 is 2.66 bits per heavy atom. The number of methoxy groups -OCH3 is 1. The Balaban J connectivity index is 1.43. The van der Waals surface area contributed by atoms with Crippen LogP contribution in [0.3, 0.4) is 0 Å². The minimum atomic E-state index is -0.520. The molecule has 4 nitrogen and oxygen atoms in total. The highest BCUT2D eigenvalue weighted by atomic mass is 32.1. The summed E-state index contributed by atoms with van der Waals surface area (Å²) in [6, 6.07) is 14.7. The summed E-state index contributed by atoms with van der Waals surface area (Å²) < 4.78 is 31.5. The number of aromatic nitrogens is 1. The van der Waals surface area contributed by atoms with Gasteiger partial charge < -0.3 is 14.6 Å². The largest absolute Gasteiger partial charge is 0.372 e. The molecule has 1 aliphatic heterocycles. The maximum absolute atomic E-state index is 13.6. The zero-order chi connectivity index (χ0) is 20.3. The number of hydrogen-bond acceptors (Lipinski definition) is 3. The van der Waals surface area contributed by atoms with Gasteiger partial charge in [-0.2, -0.15) is 0 Å². The molecule has 1 aromatic heterocycles. The molecule has 3 aromatic rings. The van der Waals surface area contributed by atoms with E-state index in [-0.39, 0.29) is 5.82 Å². The van der Waals surface area contributed by atoms with E-state index in [2.05, 4.69) is 9.88 Å². The van der Waals surface area contributed by atoms with Crippen LogP contribution < -0.4 is 0 Å². The topological polar surface area (TPSA) is 45.3 Å². The van der Waals surface area contributed by atoms with Crippen molar-refractivity contribution in [2.24, 2.45) is 0 Å². The molecule has 0 radical (unpaired) electrons. The molecule has 6 heteroatoms. The first-order chi connectivity index (χ1) is 14.1. The quantitative estimate of drug-likeness (QED) is 0.495. The molecule has 1 N–H and O–H groups in total. The van der Waals surface area contributed by atoms with Crippen LogP contribution in [0.15, 0.2) is 54.7 Å². The van der Waals surface area contributed by atoms with Crippen molar-refractivity contribution < 1.29 is 13.3 Å². The second kappa shape index (κ2) is 8.61. The fourth-order valence-electron chi connectivity index (χ4n) is 4.27. The number of likely N-dealkylation sites (tertiary alicyclic amines) is 1. The van der Waals surface area contributed by atoms with Crippen molar-refractivity contribution in [1.82, 2.24) is 9.88 Å². The molecule has 1 aliphatic rings.